The molecule has 16 heavy (non-hydrogen) atoms. The Morgan fingerprint density at radius 3 is 2.38 bits per heavy atom. The first-order chi connectivity index (χ1) is 7.44. The molecule has 90 valence electrons. The van der Waals surface area contributed by atoms with E-state index in [1.54, 1.807) is 12.1 Å². The van der Waals surface area contributed by atoms with Gasteiger partial charge in [-0.05, 0) is 38.0 Å². The van der Waals surface area contributed by atoms with Crippen molar-refractivity contribution in [2.75, 3.05) is 6.54 Å². The van der Waals surface area contributed by atoms with E-state index in [4.69, 9.17) is 11.6 Å². The molecule has 0 aliphatic carbocycles. The Kier molecular flexibility index (Phi) is 4.78. The third kappa shape index (κ3) is 4.12. The molecule has 0 saturated carbocycles. The minimum absolute atomic E-state index is 0.0629. The standard InChI is InChI=1S/C13H20ClNO/c1-4-13(2,3)15-9-12(16)10-5-7-11(14)8-6-10/h5-8,12,15-16H,4,9H2,1-3H3. The maximum Gasteiger partial charge on any atom is 0.0914 e. The zero-order chi connectivity index (χ0) is 12.2. The summed E-state index contributed by atoms with van der Waals surface area (Å²) in [5, 5.41) is 14.0. The van der Waals surface area contributed by atoms with E-state index in [2.05, 4.69) is 26.1 Å². The van der Waals surface area contributed by atoms with Gasteiger partial charge in [0.15, 0.2) is 0 Å². The Hall–Kier alpha value is -0.570. The fourth-order valence-electron chi connectivity index (χ4n) is 1.30. The van der Waals surface area contributed by atoms with Crippen molar-refractivity contribution < 1.29 is 5.11 Å². The van der Waals surface area contributed by atoms with Gasteiger partial charge in [0.25, 0.3) is 0 Å². The van der Waals surface area contributed by atoms with Crippen molar-refractivity contribution in [3.63, 3.8) is 0 Å². The molecule has 1 aromatic carbocycles. The van der Waals surface area contributed by atoms with Gasteiger partial charge in [0, 0.05) is 17.1 Å². The lowest BCUT2D eigenvalue weighted by Crippen LogP contribution is -2.40. The zero-order valence-corrected chi connectivity index (χ0v) is 10.9. The summed E-state index contributed by atoms with van der Waals surface area (Å²) in [7, 11) is 0. The number of β-amino-alcohol motifs (C(OH)–C–C–N with tert-alkyl or cyclic N) is 1. The number of hydrogen-bond donors (Lipinski definition) is 2. The summed E-state index contributed by atoms with van der Waals surface area (Å²) in [6, 6.07) is 7.30. The highest BCUT2D eigenvalue weighted by Crippen LogP contribution is 2.17. The van der Waals surface area contributed by atoms with Crippen LogP contribution in [0.3, 0.4) is 0 Å². The average Bonchev–Trinajstić information content (AvgIpc) is 2.27. The molecule has 0 aromatic heterocycles. The van der Waals surface area contributed by atoms with Gasteiger partial charge in [-0.25, -0.2) is 0 Å². The largest absolute Gasteiger partial charge is 0.387 e. The molecule has 1 rings (SSSR count). The molecule has 1 aromatic rings. The van der Waals surface area contributed by atoms with Crippen LogP contribution >= 0.6 is 11.6 Å². The smallest absolute Gasteiger partial charge is 0.0914 e. The molecule has 2 nitrogen and oxygen atoms in total. The Bertz CT molecular complexity index is 321. The van der Waals surface area contributed by atoms with E-state index < -0.39 is 6.10 Å². The van der Waals surface area contributed by atoms with Gasteiger partial charge in [0.05, 0.1) is 6.10 Å². The molecule has 0 fully saturated rings. The number of hydrogen-bond acceptors (Lipinski definition) is 2. The second-order valence-electron chi connectivity index (χ2n) is 4.69. The number of aliphatic hydroxyl groups is 1. The van der Waals surface area contributed by atoms with Crippen molar-refractivity contribution in [2.24, 2.45) is 0 Å². The number of aliphatic hydroxyl groups excluding tert-OH is 1. The topological polar surface area (TPSA) is 32.3 Å². The molecule has 0 radical (unpaired) electrons. The van der Waals surface area contributed by atoms with Crippen LogP contribution in [0.1, 0.15) is 38.9 Å². The van der Waals surface area contributed by atoms with E-state index in [0.717, 1.165) is 12.0 Å². The Labute approximate surface area is 103 Å². The molecule has 0 spiro atoms. The monoisotopic (exact) mass is 241 g/mol. The summed E-state index contributed by atoms with van der Waals surface area (Å²) in [6.07, 6.45) is 0.545. The SMILES string of the molecule is CCC(C)(C)NCC(O)c1ccc(Cl)cc1. The number of nitrogens with one attached hydrogen (secondary N) is 1. The second-order valence-corrected chi connectivity index (χ2v) is 5.12. The highest BCUT2D eigenvalue weighted by atomic mass is 35.5. The molecule has 2 N–H and O–H groups in total. The van der Waals surface area contributed by atoms with Crippen LogP contribution < -0.4 is 5.32 Å². The first-order valence-electron chi connectivity index (χ1n) is 5.63. The van der Waals surface area contributed by atoms with Crippen molar-refractivity contribution in [1.82, 2.24) is 5.32 Å². The van der Waals surface area contributed by atoms with E-state index in [9.17, 15) is 5.11 Å². The van der Waals surface area contributed by atoms with E-state index in [0.29, 0.717) is 11.6 Å². The maximum atomic E-state index is 9.96. The predicted molar refractivity (Wildman–Crippen MR) is 68.8 cm³/mol. The quantitative estimate of drug-likeness (QED) is 0.830. The third-order valence-electron chi connectivity index (χ3n) is 2.91. The Morgan fingerprint density at radius 2 is 1.88 bits per heavy atom. The van der Waals surface area contributed by atoms with Crippen LogP contribution in [0.25, 0.3) is 0 Å². The van der Waals surface area contributed by atoms with Gasteiger partial charge in [-0.15, -0.1) is 0 Å². The molecule has 0 saturated heterocycles. The summed E-state index contributed by atoms with van der Waals surface area (Å²) in [5.41, 5.74) is 0.955. The minimum Gasteiger partial charge on any atom is -0.387 e. The van der Waals surface area contributed by atoms with Gasteiger partial charge in [-0.1, -0.05) is 30.7 Å². The minimum atomic E-state index is -0.483. The summed E-state index contributed by atoms with van der Waals surface area (Å²) in [6.45, 7) is 6.94. The van der Waals surface area contributed by atoms with Crippen molar-refractivity contribution in [3.05, 3.63) is 34.9 Å². The van der Waals surface area contributed by atoms with Crippen LogP contribution in [0.4, 0.5) is 0 Å². The summed E-state index contributed by atoms with van der Waals surface area (Å²) in [4.78, 5) is 0. The molecule has 1 atom stereocenters. The Balaban J connectivity index is 2.53. The Morgan fingerprint density at radius 1 is 1.31 bits per heavy atom. The highest BCUT2D eigenvalue weighted by molar-refractivity contribution is 6.30. The van der Waals surface area contributed by atoms with Crippen LogP contribution in [0.2, 0.25) is 5.02 Å². The molecule has 0 bridgehead atoms. The fourth-order valence-corrected chi connectivity index (χ4v) is 1.43. The molecule has 1 unspecified atom stereocenters. The highest BCUT2D eigenvalue weighted by Gasteiger charge is 2.16. The van der Waals surface area contributed by atoms with Gasteiger partial charge in [-0.2, -0.15) is 0 Å². The van der Waals surface area contributed by atoms with E-state index in [-0.39, 0.29) is 5.54 Å². The third-order valence-corrected chi connectivity index (χ3v) is 3.16. The van der Waals surface area contributed by atoms with Crippen molar-refractivity contribution >= 4 is 11.6 Å². The molecule has 0 amide bonds. The summed E-state index contributed by atoms with van der Waals surface area (Å²) in [5.74, 6) is 0. The van der Waals surface area contributed by atoms with Crippen LogP contribution in [-0.2, 0) is 0 Å². The lowest BCUT2D eigenvalue weighted by atomic mass is 10.0. The van der Waals surface area contributed by atoms with Crippen molar-refractivity contribution in [1.29, 1.82) is 0 Å². The second kappa shape index (κ2) is 5.67. The van der Waals surface area contributed by atoms with Gasteiger partial charge in [0.1, 0.15) is 0 Å². The van der Waals surface area contributed by atoms with Crippen LogP contribution in [0.15, 0.2) is 24.3 Å². The predicted octanol–water partition coefficient (Wildman–Crippen LogP) is 3.15. The van der Waals surface area contributed by atoms with Gasteiger partial charge < -0.3 is 10.4 Å². The van der Waals surface area contributed by atoms with Crippen LogP contribution in [0, 0.1) is 0 Å². The van der Waals surface area contributed by atoms with E-state index in [1.165, 1.54) is 0 Å². The maximum absolute atomic E-state index is 9.96. The lowest BCUT2D eigenvalue weighted by Gasteiger charge is -2.26. The van der Waals surface area contributed by atoms with Gasteiger partial charge in [0.2, 0.25) is 0 Å². The number of rotatable bonds is 5. The van der Waals surface area contributed by atoms with Crippen LogP contribution in [-0.4, -0.2) is 17.2 Å². The molecule has 0 heterocycles. The molecule has 0 aliphatic heterocycles. The number of benzene rings is 1. The zero-order valence-electron chi connectivity index (χ0n) is 10.1. The van der Waals surface area contributed by atoms with E-state index in [1.807, 2.05) is 12.1 Å². The van der Waals surface area contributed by atoms with Crippen molar-refractivity contribution in [3.8, 4) is 0 Å². The van der Waals surface area contributed by atoms with E-state index >= 15 is 0 Å². The first kappa shape index (κ1) is 13.5. The average molecular weight is 242 g/mol. The molecular formula is C13H20ClNO. The first-order valence-corrected chi connectivity index (χ1v) is 6.01. The number of halogens is 1. The fraction of sp³-hybridized carbons (Fsp3) is 0.538. The van der Waals surface area contributed by atoms with Gasteiger partial charge >= 0.3 is 0 Å². The summed E-state index contributed by atoms with van der Waals surface area (Å²) < 4.78 is 0. The van der Waals surface area contributed by atoms with Crippen LogP contribution in [0.5, 0.6) is 0 Å². The lowest BCUT2D eigenvalue weighted by molar-refractivity contribution is 0.160. The van der Waals surface area contributed by atoms with Gasteiger partial charge in [-0.3, -0.25) is 0 Å². The molecule has 3 heteroatoms. The normalized spacial score (nSPS) is 13.8. The van der Waals surface area contributed by atoms with Crippen molar-refractivity contribution in [2.45, 2.75) is 38.8 Å². The summed E-state index contributed by atoms with van der Waals surface area (Å²) >= 11 is 5.79. The molecule has 0 aliphatic rings. The molecular weight excluding hydrogens is 222 g/mol.